The summed E-state index contributed by atoms with van der Waals surface area (Å²) < 4.78 is 1.87. The molecule has 1 atom stereocenters. The fourth-order valence-corrected chi connectivity index (χ4v) is 4.21. The zero-order chi connectivity index (χ0) is 19.7. The minimum Gasteiger partial charge on any atom is -0.353 e. The SMILES string of the molecule is CCCC(=O)c1cn(CC(=O)N2CCN3CCNC(=O)[C@@H]3C2)c2ccccc12. The van der Waals surface area contributed by atoms with E-state index in [2.05, 4.69) is 10.2 Å². The molecule has 0 radical (unpaired) electrons. The van der Waals surface area contributed by atoms with E-state index in [1.807, 2.05) is 42.0 Å². The first kappa shape index (κ1) is 18.7. The van der Waals surface area contributed by atoms with Gasteiger partial charge in [-0.25, -0.2) is 0 Å². The Labute approximate surface area is 164 Å². The van der Waals surface area contributed by atoms with Gasteiger partial charge in [0.25, 0.3) is 0 Å². The van der Waals surface area contributed by atoms with Crippen molar-refractivity contribution in [2.75, 3.05) is 32.7 Å². The number of amides is 2. The number of benzene rings is 1. The van der Waals surface area contributed by atoms with Crippen molar-refractivity contribution in [1.82, 2.24) is 19.7 Å². The van der Waals surface area contributed by atoms with Gasteiger partial charge in [-0.1, -0.05) is 25.1 Å². The zero-order valence-electron chi connectivity index (χ0n) is 16.2. The van der Waals surface area contributed by atoms with Crippen molar-refractivity contribution >= 4 is 28.5 Å². The largest absolute Gasteiger partial charge is 0.353 e. The number of nitrogens with zero attached hydrogens (tertiary/aromatic N) is 3. The number of hydrogen-bond donors (Lipinski definition) is 1. The molecule has 2 fully saturated rings. The highest BCUT2D eigenvalue weighted by molar-refractivity contribution is 6.08. The van der Waals surface area contributed by atoms with Crippen LogP contribution >= 0.6 is 0 Å². The fraction of sp³-hybridized carbons (Fsp3) is 0.476. The topological polar surface area (TPSA) is 74.7 Å². The van der Waals surface area contributed by atoms with Crippen LogP contribution in [0, 0.1) is 0 Å². The smallest absolute Gasteiger partial charge is 0.242 e. The molecule has 1 aromatic heterocycles. The van der Waals surface area contributed by atoms with E-state index in [1.54, 1.807) is 4.90 Å². The molecule has 2 aliphatic heterocycles. The molecule has 148 valence electrons. The lowest BCUT2D eigenvalue weighted by atomic mass is 10.1. The van der Waals surface area contributed by atoms with E-state index in [4.69, 9.17) is 0 Å². The monoisotopic (exact) mass is 382 g/mol. The van der Waals surface area contributed by atoms with Gasteiger partial charge in [-0.3, -0.25) is 19.3 Å². The van der Waals surface area contributed by atoms with Crippen LogP contribution in [0.4, 0.5) is 0 Å². The molecule has 2 aliphatic rings. The van der Waals surface area contributed by atoms with Crippen molar-refractivity contribution in [2.45, 2.75) is 32.4 Å². The van der Waals surface area contributed by atoms with Crippen LogP contribution in [0.3, 0.4) is 0 Å². The second kappa shape index (κ2) is 7.75. The number of ketones is 1. The summed E-state index contributed by atoms with van der Waals surface area (Å²) in [5, 5.41) is 3.77. The number of fused-ring (bicyclic) bond motifs is 2. The molecular formula is C21H26N4O3. The Morgan fingerprint density at radius 1 is 1.18 bits per heavy atom. The Kier molecular flexibility index (Phi) is 5.17. The maximum Gasteiger partial charge on any atom is 0.242 e. The third-order valence-electron chi connectivity index (χ3n) is 5.72. The summed E-state index contributed by atoms with van der Waals surface area (Å²) in [5.74, 6) is 0.0910. The number of para-hydroxylation sites is 1. The summed E-state index contributed by atoms with van der Waals surface area (Å²) in [6.45, 7) is 5.44. The number of carbonyl (C=O) groups is 3. The molecule has 1 aromatic carbocycles. The fourth-order valence-electron chi connectivity index (χ4n) is 4.21. The highest BCUT2D eigenvalue weighted by atomic mass is 16.2. The van der Waals surface area contributed by atoms with Gasteiger partial charge >= 0.3 is 0 Å². The maximum absolute atomic E-state index is 13.0. The van der Waals surface area contributed by atoms with Gasteiger partial charge < -0.3 is 14.8 Å². The van der Waals surface area contributed by atoms with Gasteiger partial charge in [0.05, 0.1) is 0 Å². The van der Waals surface area contributed by atoms with Crippen molar-refractivity contribution in [3.8, 4) is 0 Å². The van der Waals surface area contributed by atoms with Gasteiger partial charge in [0, 0.05) is 61.8 Å². The van der Waals surface area contributed by atoms with Crippen LogP contribution in [0.25, 0.3) is 10.9 Å². The molecule has 0 unspecified atom stereocenters. The minimum atomic E-state index is -0.255. The molecule has 4 rings (SSSR count). The number of Topliss-reactive ketones (excluding diaryl/α,β-unsaturated/α-hetero) is 1. The van der Waals surface area contributed by atoms with Crippen molar-refractivity contribution in [1.29, 1.82) is 0 Å². The quantitative estimate of drug-likeness (QED) is 0.791. The van der Waals surface area contributed by atoms with E-state index in [1.165, 1.54) is 0 Å². The summed E-state index contributed by atoms with van der Waals surface area (Å²) in [6, 6.07) is 7.46. The summed E-state index contributed by atoms with van der Waals surface area (Å²) in [5.41, 5.74) is 1.58. The van der Waals surface area contributed by atoms with Gasteiger partial charge in [0.15, 0.2) is 5.78 Å². The normalized spacial score (nSPS) is 20.1. The lowest BCUT2D eigenvalue weighted by Crippen LogP contribution is -2.64. The number of hydrogen-bond acceptors (Lipinski definition) is 4. The molecule has 0 aliphatic carbocycles. The minimum absolute atomic E-state index is 0.00242. The molecule has 0 spiro atoms. The summed E-state index contributed by atoms with van der Waals surface area (Å²) in [6.07, 6.45) is 3.11. The van der Waals surface area contributed by atoms with Gasteiger partial charge in [0.1, 0.15) is 12.6 Å². The molecule has 2 aromatic rings. The predicted octanol–water partition coefficient (Wildman–Crippen LogP) is 1.27. The van der Waals surface area contributed by atoms with E-state index in [9.17, 15) is 14.4 Å². The van der Waals surface area contributed by atoms with Crippen molar-refractivity contribution in [3.63, 3.8) is 0 Å². The molecule has 2 saturated heterocycles. The van der Waals surface area contributed by atoms with E-state index in [-0.39, 0.29) is 30.2 Å². The van der Waals surface area contributed by atoms with Gasteiger partial charge in [-0.15, -0.1) is 0 Å². The number of piperazine rings is 2. The Balaban J connectivity index is 1.54. The molecule has 7 heteroatoms. The first-order valence-corrected chi connectivity index (χ1v) is 9.99. The second-order valence-electron chi connectivity index (χ2n) is 7.54. The Morgan fingerprint density at radius 2 is 2.00 bits per heavy atom. The van der Waals surface area contributed by atoms with Crippen molar-refractivity contribution < 1.29 is 14.4 Å². The maximum atomic E-state index is 13.0. The summed E-state index contributed by atoms with van der Waals surface area (Å²) in [7, 11) is 0. The van der Waals surface area contributed by atoms with Crippen LogP contribution in [0.15, 0.2) is 30.5 Å². The Hall–Kier alpha value is -2.67. The highest BCUT2D eigenvalue weighted by Gasteiger charge is 2.36. The lowest BCUT2D eigenvalue weighted by molar-refractivity contribution is -0.140. The van der Waals surface area contributed by atoms with E-state index >= 15 is 0 Å². The van der Waals surface area contributed by atoms with Crippen molar-refractivity contribution in [3.05, 3.63) is 36.0 Å². The molecule has 7 nitrogen and oxygen atoms in total. The number of rotatable bonds is 5. The number of carbonyl (C=O) groups excluding carboxylic acids is 3. The van der Waals surface area contributed by atoms with Crippen LogP contribution in [-0.2, 0) is 16.1 Å². The number of aromatic nitrogens is 1. The van der Waals surface area contributed by atoms with Gasteiger partial charge in [0.2, 0.25) is 11.8 Å². The third kappa shape index (κ3) is 3.42. The van der Waals surface area contributed by atoms with Crippen LogP contribution in [0.5, 0.6) is 0 Å². The van der Waals surface area contributed by atoms with Gasteiger partial charge in [-0.05, 0) is 12.5 Å². The number of nitrogens with one attached hydrogen (secondary N) is 1. The van der Waals surface area contributed by atoms with Crippen molar-refractivity contribution in [2.24, 2.45) is 0 Å². The Morgan fingerprint density at radius 3 is 2.82 bits per heavy atom. The van der Waals surface area contributed by atoms with Crippen LogP contribution in [-0.4, -0.2) is 70.7 Å². The first-order chi connectivity index (χ1) is 13.6. The molecule has 0 saturated carbocycles. The highest BCUT2D eigenvalue weighted by Crippen LogP contribution is 2.23. The van der Waals surface area contributed by atoms with Gasteiger partial charge in [-0.2, -0.15) is 0 Å². The predicted molar refractivity (Wildman–Crippen MR) is 106 cm³/mol. The van der Waals surface area contributed by atoms with Crippen LogP contribution in [0.1, 0.15) is 30.1 Å². The summed E-state index contributed by atoms with van der Waals surface area (Å²) >= 11 is 0. The average molecular weight is 382 g/mol. The van der Waals surface area contributed by atoms with Crippen LogP contribution < -0.4 is 5.32 Å². The lowest BCUT2D eigenvalue weighted by Gasteiger charge is -2.43. The molecule has 28 heavy (non-hydrogen) atoms. The molecule has 0 bridgehead atoms. The van der Waals surface area contributed by atoms with E-state index < -0.39 is 0 Å². The third-order valence-corrected chi connectivity index (χ3v) is 5.72. The molecule has 1 N–H and O–H groups in total. The zero-order valence-corrected chi connectivity index (χ0v) is 16.2. The first-order valence-electron chi connectivity index (χ1n) is 9.99. The van der Waals surface area contributed by atoms with E-state index in [0.717, 1.165) is 30.4 Å². The average Bonchev–Trinajstić information content (AvgIpc) is 3.07. The second-order valence-corrected chi connectivity index (χ2v) is 7.54. The molecule has 2 amide bonds. The van der Waals surface area contributed by atoms with Crippen LogP contribution in [0.2, 0.25) is 0 Å². The summed E-state index contributed by atoms with van der Waals surface area (Å²) in [4.78, 5) is 41.5. The standard InChI is InChI=1S/C21H26N4O3/c1-2-5-19(26)16-12-25(17-7-4-3-6-15(16)17)14-20(27)24-11-10-23-9-8-22-21(28)18(23)13-24/h3-4,6-7,12,18H,2,5,8-11,13-14H2,1H3,(H,22,28)/t18-/m0/s1. The molecular weight excluding hydrogens is 356 g/mol. The van der Waals surface area contributed by atoms with E-state index in [0.29, 0.717) is 31.6 Å². The Bertz CT molecular complexity index is 920. The molecule has 3 heterocycles.